The van der Waals surface area contributed by atoms with Crippen molar-refractivity contribution in [3.05, 3.63) is 11.1 Å². The Morgan fingerprint density at radius 2 is 1.71 bits per heavy atom. The highest BCUT2D eigenvalue weighted by Gasteiger charge is 2.40. The summed E-state index contributed by atoms with van der Waals surface area (Å²) in [6, 6.07) is 3.85. The van der Waals surface area contributed by atoms with E-state index in [2.05, 4.69) is 0 Å². The first-order chi connectivity index (χ1) is 6.59. The fourth-order valence-corrected chi connectivity index (χ4v) is 1.48. The maximum absolute atomic E-state index is 8.96. The van der Waals surface area contributed by atoms with E-state index in [1.165, 1.54) is 4.90 Å². The van der Waals surface area contributed by atoms with Crippen molar-refractivity contribution in [1.82, 2.24) is 4.90 Å². The number of rotatable bonds is 0. The minimum atomic E-state index is -1.29. The molecule has 0 spiro atoms. The highest BCUT2D eigenvalue weighted by molar-refractivity contribution is 5.35. The summed E-state index contributed by atoms with van der Waals surface area (Å²) in [5.74, 6) is 0. The van der Waals surface area contributed by atoms with Crippen molar-refractivity contribution in [3.8, 4) is 18.3 Å². The molecule has 0 aliphatic carbocycles. The van der Waals surface area contributed by atoms with Gasteiger partial charge in [0, 0.05) is 6.42 Å². The smallest absolute Gasteiger partial charge is 0.227 e. The molecule has 0 saturated heterocycles. The molecule has 4 nitrogen and oxygen atoms in total. The van der Waals surface area contributed by atoms with Gasteiger partial charge >= 0.3 is 0 Å². The Kier molecular flexibility index (Phi) is 2.45. The number of hydrogen-bond donors (Lipinski definition) is 0. The van der Waals surface area contributed by atoms with Crippen molar-refractivity contribution in [2.24, 2.45) is 0 Å². The highest BCUT2D eigenvalue weighted by atomic mass is 15.2. The number of nitrogens with zero attached hydrogens (tertiary/aromatic N) is 4. The molecule has 14 heavy (non-hydrogen) atoms. The molecule has 1 rings (SSSR count). The van der Waals surface area contributed by atoms with Gasteiger partial charge in [0.2, 0.25) is 5.54 Å². The van der Waals surface area contributed by atoms with Crippen LogP contribution in [-0.2, 0) is 0 Å². The van der Waals surface area contributed by atoms with Crippen LogP contribution in [-0.4, -0.2) is 17.0 Å². The molecule has 0 aromatic rings. The lowest BCUT2D eigenvalue weighted by molar-refractivity contribution is 0.274. The normalized spacial score (nSPS) is 19.5. The molecule has 0 atom stereocenters. The third-order valence-corrected chi connectivity index (χ3v) is 2.60. The van der Waals surface area contributed by atoms with E-state index in [0.717, 1.165) is 11.1 Å². The predicted molar refractivity (Wildman–Crippen MR) is 49.3 cm³/mol. The van der Waals surface area contributed by atoms with E-state index in [0.29, 0.717) is 13.0 Å². The summed E-state index contributed by atoms with van der Waals surface area (Å²) in [4.78, 5) is 1.25. The quantitative estimate of drug-likeness (QED) is 0.422. The van der Waals surface area contributed by atoms with Crippen LogP contribution in [0.3, 0.4) is 0 Å². The minimum Gasteiger partial charge on any atom is -0.274 e. The van der Waals surface area contributed by atoms with Crippen molar-refractivity contribution in [2.75, 3.05) is 6.54 Å². The third-order valence-electron chi connectivity index (χ3n) is 2.60. The fraction of sp³-hybridized carbons (Fsp3) is 0.500. The van der Waals surface area contributed by atoms with Gasteiger partial charge in [0.1, 0.15) is 12.1 Å². The second kappa shape index (κ2) is 3.40. The lowest BCUT2D eigenvalue weighted by atomic mass is 9.86. The van der Waals surface area contributed by atoms with Crippen LogP contribution in [0.15, 0.2) is 11.1 Å². The Hall–Kier alpha value is -1.99. The molecular formula is C10H10N4. The summed E-state index contributed by atoms with van der Waals surface area (Å²) < 4.78 is 0. The van der Waals surface area contributed by atoms with Crippen LogP contribution in [0.25, 0.3) is 0 Å². The summed E-state index contributed by atoms with van der Waals surface area (Å²) in [7, 11) is 0. The summed E-state index contributed by atoms with van der Waals surface area (Å²) in [6.45, 7) is 4.19. The molecule has 1 heterocycles. The van der Waals surface area contributed by atoms with Gasteiger partial charge in [0.25, 0.3) is 0 Å². The van der Waals surface area contributed by atoms with Crippen molar-refractivity contribution < 1.29 is 0 Å². The number of nitriles is 3. The maximum atomic E-state index is 8.96. The summed E-state index contributed by atoms with van der Waals surface area (Å²) in [5, 5.41) is 26.8. The molecule has 70 valence electrons. The molecule has 4 heteroatoms. The zero-order chi connectivity index (χ0) is 10.8. The van der Waals surface area contributed by atoms with E-state index in [4.69, 9.17) is 15.8 Å². The first kappa shape index (κ1) is 10.1. The molecule has 1 aliphatic heterocycles. The van der Waals surface area contributed by atoms with Crippen LogP contribution < -0.4 is 0 Å². The monoisotopic (exact) mass is 186 g/mol. The topological polar surface area (TPSA) is 74.6 Å². The molecule has 0 saturated carbocycles. The Labute approximate surface area is 83.3 Å². The Balaban J connectivity index is 3.19. The molecule has 0 fully saturated rings. The first-order valence-corrected chi connectivity index (χ1v) is 4.24. The molecule has 1 aliphatic rings. The van der Waals surface area contributed by atoms with Crippen LogP contribution in [0, 0.1) is 34.1 Å². The van der Waals surface area contributed by atoms with Gasteiger partial charge in [-0.2, -0.15) is 15.8 Å². The van der Waals surface area contributed by atoms with Crippen LogP contribution in [0.2, 0.25) is 0 Å². The van der Waals surface area contributed by atoms with E-state index in [9.17, 15) is 0 Å². The minimum absolute atomic E-state index is 0.333. The fourth-order valence-electron chi connectivity index (χ4n) is 1.48. The van der Waals surface area contributed by atoms with Crippen molar-refractivity contribution in [3.63, 3.8) is 0 Å². The molecule has 0 radical (unpaired) electrons. The average Bonchev–Trinajstić information content (AvgIpc) is 2.21. The standard InChI is InChI=1S/C10H10N4/c1-8-3-10(5-11,6-12)14(7-13)4-9(8)2/h3-4H2,1-2H3. The van der Waals surface area contributed by atoms with Crippen LogP contribution in [0.4, 0.5) is 0 Å². The zero-order valence-electron chi connectivity index (χ0n) is 8.20. The van der Waals surface area contributed by atoms with Gasteiger partial charge in [-0.25, -0.2) is 0 Å². The SMILES string of the molecule is CC1=C(C)CC(C#N)(C#N)N(C#N)C1. The van der Waals surface area contributed by atoms with Crippen molar-refractivity contribution in [2.45, 2.75) is 25.8 Å². The van der Waals surface area contributed by atoms with E-state index in [1.807, 2.05) is 32.2 Å². The van der Waals surface area contributed by atoms with E-state index >= 15 is 0 Å². The highest BCUT2D eigenvalue weighted by Crippen LogP contribution is 2.30. The van der Waals surface area contributed by atoms with Gasteiger partial charge in [-0.1, -0.05) is 11.1 Å². The molecule has 0 N–H and O–H groups in total. The molecule has 0 amide bonds. The molecular weight excluding hydrogens is 176 g/mol. The average molecular weight is 186 g/mol. The molecule has 0 aromatic carbocycles. The van der Waals surface area contributed by atoms with Crippen LogP contribution >= 0.6 is 0 Å². The zero-order valence-corrected chi connectivity index (χ0v) is 8.20. The summed E-state index contributed by atoms with van der Waals surface area (Å²) in [6.07, 6.45) is 2.23. The van der Waals surface area contributed by atoms with E-state index in [-0.39, 0.29) is 0 Å². The Bertz CT molecular complexity index is 385. The second-order valence-corrected chi connectivity index (χ2v) is 3.51. The molecule has 0 unspecified atom stereocenters. The largest absolute Gasteiger partial charge is 0.274 e. The first-order valence-electron chi connectivity index (χ1n) is 4.24. The van der Waals surface area contributed by atoms with Gasteiger partial charge in [0.15, 0.2) is 6.19 Å². The lowest BCUT2D eigenvalue weighted by Crippen LogP contribution is -2.47. The van der Waals surface area contributed by atoms with Gasteiger partial charge in [-0.15, -0.1) is 0 Å². The van der Waals surface area contributed by atoms with Gasteiger partial charge in [-0.3, -0.25) is 4.90 Å². The van der Waals surface area contributed by atoms with Gasteiger partial charge in [-0.05, 0) is 13.8 Å². The van der Waals surface area contributed by atoms with Gasteiger partial charge < -0.3 is 0 Å². The van der Waals surface area contributed by atoms with Crippen molar-refractivity contribution in [1.29, 1.82) is 15.8 Å². The third kappa shape index (κ3) is 1.30. The van der Waals surface area contributed by atoms with Gasteiger partial charge in [0.05, 0.1) is 6.54 Å². The second-order valence-electron chi connectivity index (χ2n) is 3.51. The van der Waals surface area contributed by atoms with Crippen LogP contribution in [0.1, 0.15) is 20.3 Å². The molecule has 0 aromatic heterocycles. The maximum Gasteiger partial charge on any atom is 0.227 e. The Morgan fingerprint density at radius 1 is 1.14 bits per heavy atom. The summed E-state index contributed by atoms with van der Waals surface area (Å²) >= 11 is 0. The van der Waals surface area contributed by atoms with Crippen LogP contribution in [0.5, 0.6) is 0 Å². The predicted octanol–water partition coefficient (Wildman–Crippen LogP) is 1.30. The number of hydrogen-bond acceptors (Lipinski definition) is 4. The molecule has 0 bridgehead atoms. The Morgan fingerprint density at radius 3 is 2.14 bits per heavy atom. The summed E-state index contributed by atoms with van der Waals surface area (Å²) in [5.41, 5.74) is 0.797. The van der Waals surface area contributed by atoms with Crippen molar-refractivity contribution >= 4 is 0 Å². The van der Waals surface area contributed by atoms with E-state index < -0.39 is 5.54 Å². The van der Waals surface area contributed by atoms with E-state index in [1.54, 1.807) is 0 Å². The lowest BCUT2D eigenvalue weighted by Gasteiger charge is -2.34.